The van der Waals surface area contributed by atoms with Crippen molar-refractivity contribution in [2.45, 2.75) is 81.8 Å². The van der Waals surface area contributed by atoms with Crippen molar-refractivity contribution in [1.82, 2.24) is 0 Å². The molecule has 0 heterocycles. The Balaban J connectivity index is 1.33. The molecule has 4 aliphatic carbocycles. The van der Waals surface area contributed by atoms with Crippen LogP contribution in [0.3, 0.4) is 0 Å². The van der Waals surface area contributed by atoms with E-state index in [-0.39, 0.29) is 10.8 Å². The molecule has 2 nitrogen and oxygen atoms in total. The van der Waals surface area contributed by atoms with E-state index in [0.29, 0.717) is 30.1 Å². The van der Waals surface area contributed by atoms with Crippen LogP contribution in [0.2, 0.25) is 0 Å². The summed E-state index contributed by atoms with van der Waals surface area (Å²) in [4.78, 5) is -0.261. The molecule has 1 aromatic rings. The maximum atomic E-state index is 15.4. The highest BCUT2D eigenvalue weighted by molar-refractivity contribution is 7.92. The maximum absolute atomic E-state index is 15.4. The zero-order valence-corrected chi connectivity index (χ0v) is 20.1. The lowest BCUT2D eigenvalue weighted by molar-refractivity contribution is -0.0759. The van der Waals surface area contributed by atoms with Crippen LogP contribution in [0.5, 0.6) is 0 Å². The number of hydrogen-bond acceptors (Lipinski definition) is 2. The first kappa shape index (κ1) is 22.6. The van der Waals surface area contributed by atoms with Gasteiger partial charge in [0.05, 0.1) is 4.90 Å². The third-order valence-corrected chi connectivity index (χ3v) is 12.0. The van der Waals surface area contributed by atoms with Gasteiger partial charge in [0, 0.05) is 5.92 Å². The fourth-order valence-electron chi connectivity index (χ4n) is 8.46. The summed E-state index contributed by atoms with van der Waals surface area (Å²) in [5.74, 6) is 1.78. The summed E-state index contributed by atoms with van der Waals surface area (Å²) in [5, 5.41) is -3.70. The molecular weight excluding hydrogens is 426 g/mol. The standard InChI is InChI=1S/C27H36F2O2S/c1-3-19-11-14-25-24-12-9-18-17-20(10-13-22(18)23(24)15-16-26(19,25)2)27(28,29)32(30,31)21-7-5-4-6-8-21/h3-8,18,20,22-25H,9-17H2,1-2H3/b19-3-. The number of allylic oxidation sites excluding steroid dienone is 2. The monoisotopic (exact) mass is 462 g/mol. The van der Waals surface area contributed by atoms with E-state index in [0.717, 1.165) is 31.1 Å². The number of rotatable bonds is 3. The van der Waals surface area contributed by atoms with Crippen molar-refractivity contribution < 1.29 is 17.2 Å². The van der Waals surface area contributed by atoms with Crippen LogP contribution in [0.25, 0.3) is 0 Å². The minimum atomic E-state index is -4.67. The first-order valence-corrected chi connectivity index (χ1v) is 14.0. The Morgan fingerprint density at radius 2 is 1.69 bits per heavy atom. The number of hydrogen-bond donors (Lipinski definition) is 0. The molecule has 4 saturated carbocycles. The van der Waals surface area contributed by atoms with Crippen molar-refractivity contribution in [2.24, 2.45) is 40.9 Å². The van der Waals surface area contributed by atoms with E-state index < -0.39 is 21.0 Å². The highest BCUT2D eigenvalue weighted by Gasteiger charge is 2.59. The van der Waals surface area contributed by atoms with Crippen LogP contribution in [-0.4, -0.2) is 13.7 Å². The van der Waals surface area contributed by atoms with Crippen molar-refractivity contribution in [1.29, 1.82) is 0 Å². The van der Waals surface area contributed by atoms with Gasteiger partial charge in [-0.3, -0.25) is 0 Å². The van der Waals surface area contributed by atoms with Gasteiger partial charge in [-0.2, -0.15) is 8.78 Å². The Bertz CT molecular complexity index is 986. The predicted molar refractivity (Wildman–Crippen MR) is 123 cm³/mol. The van der Waals surface area contributed by atoms with Gasteiger partial charge in [-0.1, -0.05) is 36.8 Å². The van der Waals surface area contributed by atoms with Crippen molar-refractivity contribution in [3.63, 3.8) is 0 Å². The molecule has 5 heteroatoms. The van der Waals surface area contributed by atoms with E-state index >= 15 is 8.78 Å². The Labute approximate surface area is 191 Å². The number of halogens is 2. The number of fused-ring (bicyclic) bond motifs is 5. The minimum absolute atomic E-state index is 0.249. The third-order valence-electron chi connectivity index (χ3n) is 10.0. The largest absolute Gasteiger partial charge is 0.352 e. The summed E-state index contributed by atoms with van der Waals surface area (Å²) in [7, 11) is -4.67. The summed E-state index contributed by atoms with van der Waals surface area (Å²) in [6, 6.07) is 7.26. The molecule has 1 aromatic carbocycles. The highest BCUT2D eigenvalue weighted by Crippen LogP contribution is 2.64. The molecule has 0 saturated heterocycles. The van der Waals surface area contributed by atoms with Crippen LogP contribution in [-0.2, 0) is 9.84 Å². The fraction of sp³-hybridized carbons (Fsp3) is 0.704. The highest BCUT2D eigenvalue weighted by atomic mass is 32.2. The molecule has 176 valence electrons. The lowest BCUT2D eigenvalue weighted by Crippen LogP contribution is -2.49. The molecule has 7 unspecified atom stereocenters. The first-order valence-electron chi connectivity index (χ1n) is 12.5. The molecule has 0 aliphatic heterocycles. The molecule has 7 atom stereocenters. The summed E-state index contributed by atoms with van der Waals surface area (Å²) < 4.78 is 56.4. The molecule has 0 bridgehead atoms. The van der Waals surface area contributed by atoms with Gasteiger partial charge in [0.25, 0.3) is 0 Å². The second kappa shape index (κ2) is 7.92. The van der Waals surface area contributed by atoms with Crippen LogP contribution >= 0.6 is 0 Å². The zero-order chi connectivity index (χ0) is 22.7. The van der Waals surface area contributed by atoms with Crippen molar-refractivity contribution in [3.05, 3.63) is 42.0 Å². The van der Waals surface area contributed by atoms with Crippen LogP contribution in [0.4, 0.5) is 8.78 Å². The molecule has 0 N–H and O–H groups in total. The lowest BCUT2D eigenvalue weighted by Gasteiger charge is -2.56. The SMILES string of the molecule is C/C=C1/CCC2C3CCC4CC(C(F)(F)S(=O)(=O)c5ccccc5)CCC4C3CCC12C. The molecule has 4 fully saturated rings. The second-order valence-electron chi connectivity index (χ2n) is 11.1. The normalized spacial score (nSPS) is 41.1. The Hall–Kier alpha value is -1.23. The maximum Gasteiger partial charge on any atom is 0.352 e. The molecule has 4 aliphatic rings. The zero-order valence-electron chi connectivity index (χ0n) is 19.3. The lowest BCUT2D eigenvalue weighted by atomic mass is 9.50. The average molecular weight is 463 g/mol. The summed E-state index contributed by atoms with van der Waals surface area (Å²) in [6.45, 7) is 4.64. The van der Waals surface area contributed by atoms with Gasteiger partial charge < -0.3 is 0 Å². The topological polar surface area (TPSA) is 34.1 Å². The molecule has 0 radical (unpaired) electrons. The second-order valence-corrected chi connectivity index (χ2v) is 13.2. The van der Waals surface area contributed by atoms with Gasteiger partial charge in [0.15, 0.2) is 0 Å². The Morgan fingerprint density at radius 1 is 0.969 bits per heavy atom. The van der Waals surface area contributed by atoms with Gasteiger partial charge in [-0.15, -0.1) is 0 Å². The molecule has 0 aromatic heterocycles. The van der Waals surface area contributed by atoms with Crippen LogP contribution in [0.15, 0.2) is 46.9 Å². The summed E-state index contributed by atoms with van der Waals surface area (Å²) >= 11 is 0. The molecular formula is C27H36F2O2S. The van der Waals surface area contributed by atoms with Crippen LogP contribution in [0.1, 0.15) is 71.6 Å². The smallest absolute Gasteiger partial charge is 0.217 e. The van der Waals surface area contributed by atoms with Crippen molar-refractivity contribution >= 4 is 9.84 Å². The molecule has 32 heavy (non-hydrogen) atoms. The van der Waals surface area contributed by atoms with E-state index in [1.807, 2.05) is 0 Å². The van der Waals surface area contributed by atoms with Crippen molar-refractivity contribution in [2.75, 3.05) is 0 Å². The fourth-order valence-corrected chi connectivity index (χ4v) is 9.94. The van der Waals surface area contributed by atoms with E-state index in [2.05, 4.69) is 19.9 Å². The van der Waals surface area contributed by atoms with Crippen LogP contribution in [0, 0.1) is 40.9 Å². The number of alkyl halides is 2. The third kappa shape index (κ3) is 3.24. The van der Waals surface area contributed by atoms with E-state index in [4.69, 9.17) is 0 Å². The Kier molecular flexibility index (Phi) is 5.58. The quantitative estimate of drug-likeness (QED) is 0.443. The average Bonchev–Trinajstić information content (AvgIpc) is 3.15. The van der Waals surface area contributed by atoms with E-state index in [1.165, 1.54) is 49.9 Å². The van der Waals surface area contributed by atoms with E-state index in [1.54, 1.807) is 11.6 Å². The van der Waals surface area contributed by atoms with Crippen LogP contribution < -0.4 is 0 Å². The van der Waals surface area contributed by atoms with Gasteiger partial charge in [0.2, 0.25) is 9.84 Å². The number of benzene rings is 1. The summed E-state index contributed by atoms with van der Waals surface area (Å²) in [5.41, 5.74) is 1.98. The molecule has 0 spiro atoms. The van der Waals surface area contributed by atoms with Gasteiger partial charge in [-0.05, 0) is 112 Å². The van der Waals surface area contributed by atoms with Gasteiger partial charge in [-0.25, -0.2) is 8.42 Å². The van der Waals surface area contributed by atoms with Crippen molar-refractivity contribution in [3.8, 4) is 0 Å². The van der Waals surface area contributed by atoms with Gasteiger partial charge in [0.1, 0.15) is 0 Å². The first-order chi connectivity index (χ1) is 15.2. The number of sulfone groups is 1. The summed E-state index contributed by atoms with van der Waals surface area (Å²) in [6.07, 6.45) is 10.8. The van der Waals surface area contributed by atoms with Gasteiger partial charge >= 0.3 is 5.25 Å². The molecule has 0 amide bonds. The molecule has 5 rings (SSSR count). The van der Waals surface area contributed by atoms with E-state index in [9.17, 15) is 8.42 Å². The minimum Gasteiger partial charge on any atom is -0.217 e. The predicted octanol–water partition coefficient (Wildman–Crippen LogP) is 7.27. The Morgan fingerprint density at radius 3 is 2.41 bits per heavy atom.